The number of cyclic esters (lactones) is 1. The maximum Gasteiger partial charge on any atom is 0.410 e. The predicted octanol–water partition coefficient (Wildman–Crippen LogP) is -0.407. The number of methoxy groups -OCH3 is 1. The van der Waals surface area contributed by atoms with Gasteiger partial charge in [0.25, 0.3) is 0 Å². The smallest absolute Gasteiger partial charge is 0.410 e. The third-order valence-electron chi connectivity index (χ3n) is 6.17. The second-order valence-electron chi connectivity index (χ2n) is 8.19. The van der Waals surface area contributed by atoms with E-state index in [1.807, 2.05) is 9.80 Å². The van der Waals surface area contributed by atoms with Crippen molar-refractivity contribution < 1.29 is 19.1 Å². The fourth-order valence-corrected chi connectivity index (χ4v) is 4.32. The van der Waals surface area contributed by atoms with Crippen LogP contribution < -0.4 is 5.73 Å². The number of esters is 1. The summed E-state index contributed by atoms with van der Waals surface area (Å²) in [4.78, 5) is 31.9. The van der Waals surface area contributed by atoms with Crippen molar-refractivity contribution in [3.63, 3.8) is 0 Å². The molecule has 0 aromatic rings. The van der Waals surface area contributed by atoms with Crippen molar-refractivity contribution in [2.75, 3.05) is 72.6 Å². The molecule has 3 aliphatic rings. The quantitative estimate of drug-likeness (QED) is 0.331. The minimum absolute atomic E-state index is 0.0820. The predicted molar refractivity (Wildman–Crippen MR) is 108 cm³/mol. The summed E-state index contributed by atoms with van der Waals surface area (Å²) < 4.78 is 10.3. The molecule has 3 aliphatic heterocycles. The molecule has 1 unspecified atom stereocenters. The fraction of sp³-hybridized carbons (Fsp3) is 0.842. The van der Waals surface area contributed by atoms with Crippen molar-refractivity contribution in [2.24, 2.45) is 11.7 Å². The summed E-state index contributed by atoms with van der Waals surface area (Å²) in [5.74, 6) is 0.405. The van der Waals surface area contributed by atoms with Gasteiger partial charge >= 0.3 is 12.1 Å². The molecular weight excluding hydrogens is 376 g/mol. The molecule has 3 rings (SSSR count). The van der Waals surface area contributed by atoms with E-state index in [1.165, 1.54) is 7.11 Å². The summed E-state index contributed by atoms with van der Waals surface area (Å²) >= 11 is 0. The number of nitrogens with one attached hydrogen (secondary N) is 1. The molecule has 3 saturated heterocycles. The van der Waals surface area contributed by atoms with Gasteiger partial charge in [-0.3, -0.25) is 15.1 Å². The minimum Gasteiger partial charge on any atom is -0.469 e. The molecule has 3 N–H and O–H groups in total. The van der Waals surface area contributed by atoms with Crippen LogP contribution >= 0.6 is 0 Å². The van der Waals surface area contributed by atoms with E-state index in [4.69, 9.17) is 20.6 Å². The molecule has 3 fully saturated rings. The van der Waals surface area contributed by atoms with Crippen molar-refractivity contribution >= 4 is 18.0 Å². The van der Waals surface area contributed by atoms with Crippen LogP contribution in [0.2, 0.25) is 0 Å². The number of likely N-dealkylation sites (tertiary alicyclic amines) is 1. The van der Waals surface area contributed by atoms with E-state index in [0.717, 1.165) is 71.7 Å². The molecule has 3 heterocycles. The van der Waals surface area contributed by atoms with Gasteiger partial charge in [0, 0.05) is 58.9 Å². The lowest BCUT2D eigenvalue weighted by molar-refractivity contribution is -0.141. The van der Waals surface area contributed by atoms with Crippen molar-refractivity contribution in [3.8, 4) is 0 Å². The van der Waals surface area contributed by atoms with Gasteiger partial charge in [-0.25, -0.2) is 4.79 Å². The number of carbonyl (C=O) groups is 2. The molecule has 10 heteroatoms. The molecule has 0 aliphatic carbocycles. The first-order chi connectivity index (χ1) is 13.9. The largest absolute Gasteiger partial charge is 0.469 e. The number of carbonyl (C=O) groups excluding carboxylic acids is 2. The van der Waals surface area contributed by atoms with Crippen molar-refractivity contribution in [1.29, 1.82) is 5.41 Å². The topological polar surface area (TPSA) is 115 Å². The van der Waals surface area contributed by atoms with Gasteiger partial charge in [0.1, 0.15) is 6.10 Å². The van der Waals surface area contributed by atoms with Gasteiger partial charge in [-0.15, -0.1) is 0 Å². The fourth-order valence-electron chi connectivity index (χ4n) is 4.32. The van der Waals surface area contributed by atoms with Crippen molar-refractivity contribution in [2.45, 2.75) is 25.4 Å². The molecule has 164 valence electrons. The number of nitrogens with two attached hydrogens (primary N) is 1. The molecule has 0 bridgehead atoms. The Morgan fingerprint density at radius 3 is 2.41 bits per heavy atom. The number of hydrogen-bond acceptors (Lipinski definition) is 7. The Kier molecular flexibility index (Phi) is 7.54. The number of guanidine groups is 1. The maximum atomic E-state index is 12.3. The number of ether oxygens (including phenoxy) is 2. The Morgan fingerprint density at radius 2 is 1.79 bits per heavy atom. The normalized spacial score (nSPS) is 24.6. The van der Waals surface area contributed by atoms with Crippen LogP contribution in [0.1, 0.15) is 19.3 Å². The lowest BCUT2D eigenvalue weighted by atomic mass is 9.96. The van der Waals surface area contributed by atoms with Crippen molar-refractivity contribution in [3.05, 3.63) is 0 Å². The molecule has 29 heavy (non-hydrogen) atoms. The number of piperidine rings is 1. The molecule has 0 aromatic heterocycles. The summed E-state index contributed by atoms with van der Waals surface area (Å²) in [7, 11) is 1.42. The SMILES string of the molecule is COC(=O)CCN1CCN(CC2CN(CC3CCN(C(=N)N)CC3)C(=O)O2)CC1. The molecule has 0 aromatic carbocycles. The first-order valence-electron chi connectivity index (χ1n) is 10.5. The molecule has 1 atom stereocenters. The van der Waals surface area contributed by atoms with E-state index < -0.39 is 0 Å². The van der Waals surface area contributed by atoms with E-state index in [9.17, 15) is 9.59 Å². The number of amides is 1. The highest BCUT2D eigenvalue weighted by Crippen LogP contribution is 2.22. The van der Waals surface area contributed by atoms with E-state index >= 15 is 0 Å². The number of rotatable bonds is 7. The van der Waals surface area contributed by atoms with E-state index in [1.54, 1.807) is 0 Å². The first-order valence-corrected chi connectivity index (χ1v) is 10.5. The van der Waals surface area contributed by atoms with Gasteiger partial charge in [0.15, 0.2) is 5.96 Å². The summed E-state index contributed by atoms with van der Waals surface area (Å²) in [6.45, 7) is 8.09. The van der Waals surface area contributed by atoms with E-state index in [-0.39, 0.29) is 24.1 Å². The zero-order valence-corrected chi connectivity index (χ0v) is 17.3. The summed E-state index contributed by atoms with van der Waals surface area (Å²) in [6, 6.07) is 0. The molecule has 10 nitrogen and oxygen atoms in total. The van der Waals surface area contributed by atoms with Crippen LogP contribution in [0.25, 0.3) is 0 Å². The number of hydrogen-bond donors (Lipinski definition) is 2. The second kappa shape index (κ2) is 10.1. The van der Waals surface area contributed by atoms with Crippen LogP contribution in [-0.4, -0.2) is 116 Å². The van der Waals surface area contributed by atoms with Crippen LogP contribution in [0.3, 0.4) is 0 Å². The average Bonchev–Trinajstić information content (AvgIpc) is 3.06. The summed E-state index contributed by atoms with van der Waals surface area (Å²) in [5, 5.41) is 7.51. The maximum absolute atomic E-state index is 12.3. The highest BCUT2D eigenvalue weighted by Gasteiger charge is 2.35. The Bertz CT molecular complexity index is 587. The van der Waals surface area contributed by atoms with Crippen LogP contribution in [0, 0.1) is 11.3 Å². The monoisotopic (exact) mass is 410 g/mol. The number of nitrogens with zero attached hydrogens (tertiary/aromatic N) is 4. The Labute approximate surface area is 172 Å². The van der Waals surface area contributed by atoms with E-state index in [0.29, 0.717) is 18.9 Å². The lowest BCUT2D eigenvalue weighted by Gasteiger charge is -2.35. The zero-order chi connectivity index (χ0) is 20.8. The second-order valence-corrected chi connectivity index (χ2v) is 8.19. The van der Waals surface area contributed by atoms with Crippen LogP contribution in [0.4, 0.5) is 4.79 Å². The molecule has 0 spiro atoms. The van der Waals surface area contributed by atoms with Crippen molar-refractivity contribution in [1.82, 2.24) is 19.6 Å². The number of piperazine rings is 1. The van der Waals surface area contributed by atoms with Gasteiger partial charge in [-0.2, -0.15) is 0 Å². The summed E-state index contributed by atoms with van der Waals surface area (Å²) in [6.07, 6.45) is 2.03. The van der Waals surface area contributed by atoms with E-state index in [2.05, 4.69) is 9.80 Å². The Balaban J connectivity index is 1.35. The van der Waals surface area contributed by atoms with Crippen LogP contribution in [-0.2, 0) is 14.3 Å². The minimum atomic E-state index is -0.208. The van der Waals surface area contributed by atoms with Crippen LogP contribution in [0.15, 0.2) is 0 Å². The van der Waals surface area contributed by atoms with Gasteiger partial charge in [0.05, 0.1) is 20.1 Å². The lowest BCUT2D eigenvalue weighted by Crippen LogP contribution is -2.49. The van der Waals surface area contributed by atoms with Gasteiger partial charge < -0.3 is 29.9 Å². The molecule has 0 saturated carbocycles. The first kappa shape index (κ1) is 21.6. The standard InChI is InChI=1S/C19H34N6O4/c1-28-17(26)4-5-22-8-10-23(11-9-22)13-16-14-25(19(27)29-16)12-15-2-6-24(7-3-15)18(20)21/h15-16H,2-14H2,1H3,(H3,20,21). The van der Waals surface area contributed by atoms with Gasteiger partial charge in [-0.1, -0.05) is 0 Å². The molecular formula is C19H34N6O4. The van der Waals surface area contributed by atoms with Gasteiger partial charge in [-0.05, 0) is 18.8 Å². The Morgan fingerprint density at radius 1 is 1.14 bits per heavy atom. The van der Waals surface area contributed by atoms with Crippen LogP contribution in [0.5, 0.6) is 0 Å². The summed E-state index contributed by atoms with van der Waals surface area (Å²) in [5.41, 5.74) is 5.55. The third kappa shape index (κ3) is 6.20. The van der Waals surface area contributed by atoms with Gasteiger partial charge in [0.2, 0.25) is 0 Å². The highest BCUT2D eigenvalue weighted by atomic mass is 16.6. The zero-order valence-electron chi connectivity index (χ0n) is 17.3. The Hall–Kier alpha value is -2.07. The molecule has 0 radical (unpaired) electrons. The third-order valence-corrected chi connectivity index (χ3v) is 6.17. The average molecular weight is 411 g/mol. The molecule has 1 amide bonds. The highest BCUT2D eigenvalue weighted by molar-refractivity contribution is 5.74.